The number of benzene rings is 2. The summed E-state index contributed by atoms with van der Waals surface area (Å²) >= 11 is 1.16. The van der Waals surface area contributed by atoms with Gasteiger partial charge in [0.15, 0.2) is 0 Å². The molecule has 2 aromatic carbocycles. The van der Waals surface area contributed by atoms with E-state index in [2.05, 4.69) is 9.69 Å². The van der Waals surface area contributed by atoms with Crippen molar-refractivity contribution in [3.8, 4) is 17.3 Å². The summed E-state index contributed by atoms with van der Waals surface area (Å²) in [5.41, 5.74) is 3.08. The Labute approximate surface area is 165 Å². The molecule has 0 atom stereocenters. The third kappa shape index (κ3) is 3.38. The van der Waals surface area contributed by atoms with Crippen LogP contribution in [0.3, 0.4) is 0 Å². The highest BCUT2D eigenvalue weighted by Crippen LogP contribution is 2.47. The Morgan fingerprint density at radius 3 is 2.57 bits per heavy atom. The van der Waals surface area contributed by atoms with Crippen LogP contribution in [-0.4, -0.2) is 21.4 Å². The van der Waals surface area contributed by atoms with Gasteiger partial charge in [-0.3, -0.25) is 4.79 Å². The number of hydrogen-bond acceptors (Lipinski definition) is 5. The number of nitriles is 1. The average molecular weight is 389 g/mol. The van der Waals surface area contributed by atoms with Gasteiger partial charge in [0, 0.05) is 16.8 Å². The third-order valence-corrected chi connectivity index (χ3v) is 5.46. The molecule has 0 bridgehead atoms. The maximum atomic E-state index is 12.9. The van der Waals surface area contributed by atoms with Crippen molar-refractivity contribution < 1.29 is 14.7 Å². The lowest BCUT2D eigenvalue weighted by molar-refractivity contribution is 0.0696. The molecule has 0 radical (unpaired) electrons. The fraction of sp³-hybridized carbons (Fsp3) is 0.143. The molecule has 1 saturated carbocycles. The number of nitrogens with one attached hydrogen (secondary N) is 1. The van der Waals surface area contributed by atoms with E-state index in [1.54, 1.807) is 0 Å². The van der Waals surface area contributed by atoms with Gasteiger partial charge in [-0.05, 0) is 48.5 Å². The van der Waals surface area contributed by atoms with Gasteiger partial charge in [0.05, 0.1) is 16.8 Å². The first-order valence-electron chi connectivity index (χ1n) is 8.72. The van der Waals surface area contributed by atoms with Gasteiger partial charge in [-0.1, -0.05) is 30.3 Å². The van der Waals surface area contributed by atoms with Crippen LogP contribution in [0.5, 0.6) is 0 Å². The fourth-order valence-corrected chi connectivity index (χ4v) is 3.99. The second kappa shape index (κ2) is 7.25. The minimum atomic E-state index is -1.18. The predicted octanol–water partition coefficient (Wildman–Crippen LogP) is 4.51. The quantitative estimate of drug-likeness (QED) is 0.668. The molecule has 4 rings (SSSR count). The number of carboxylic acids is 1. The second-order valence-corrected chi connectivity index (χ2v) is 7.32. The van der Waals surface area contributed by atoms with Gasteiger partial charge >= 0.3 is 5.97 Å². The first-order valence-corrected chi connectivity index (χ1v) is 9.49. The highest BCUT2D eigenvalue weighted by Gasteiger charge is 2.33. The van der Waals surface area contributed by atoms with E-state index < -0.39 is 5.97 Å². The van der Waals surface area contributed by atoms with Crippen LogP contribution in [0.25, 0.3) is 11.3 Å². The van der Waals surface area contributed by atoms with E-state index in [9.17, 15) is 9.59 Å². The van der Waals surface area contributed by atoms with Crippen molar-refractivity contribution in [2.45, 2.75) is 18.8 Å². The minimum Gasteiger partial charge on any atom is -0.478 e. The molecular formula is C21H15N3O3S. The van der Waals surface area contributed by atoms with E-state index in [0.717, 1.165) is 41.2 Å². The molecule has 0 unspecified atom stereocenters. The number of aromatic carboxylic acids is 1. The van der Waals surface area contributed by atoms with Crippen molar-refractivity contribution in [3.05, 3.63) is 70.1 Å². The van der Waals surface area contributed by atoms with E-state index >= 15 is 0 Å². The van der Waals surface area contributed by atoms with Crippen molar-refractivity contribution in [2.75, 3.05) is 5.32 Å². The number of nitrogens with zero attached hydrogens (tertiary/aromatic N) is 2. The molecule has 2 N–H and O–H groups in total. The summed E-state index contributed by atoms with van der Waals surface area (Å²) in [7, 11) is 0. The van der Waals surface area contributed by atoms with Gasteiger partial charge in [0.25, 0.3) is 5.91 Å². The zero-order valence-corrected chi connectivity index (χ0v) is 15.5. The zero-order chi connectivity index (χ0) is 19.7. The SMILES string of the molecule is N#Cc1cc(NC(=O)c2snc(-c3ccccc3)c2C2CC2)ccc1C(=O)O. The zero-order valence-electron chi connectivity index (χ0n) is 14.7. The summed E-state index contributed by atoms with van der Waals surface area (Å²) in [6.45, 7) is 0. The van der Waals surface area contributed by atoms with Crippen LogP contribution in [0.1, 0.15) is 49.9 Å². The van der Waals surface area contributed by atoms with Gasteiger partial charge in [0.1, 0.15) is 10.9 Å². The highest BCUT2D eigenvalue weighted by molar-refractivity contribution is 7.08. The van der Waals surface area contributed by atoms with E-state index in [4.69, 9.17) is 10.4 Å². The lowest BCUT2D eigenvalue weighted by Crippen LogP contribution is -2.13. The van der Waals surface area contributed by atoms with Gasteiger partial charge in [-0.15, -0.1) is 0 Å². The summed E-state index contributed by atoms with van der Waals surface area (Å²) in [6, 6.07) is 15.8. The van der Waals surface area contributed by atoms with Crippen molar-refractivity contribution in [1.29, 1.82) is 5.26 Å². The topological polar surface area (TPSA) is 103 Å². The Bertz CT molecular complexity index is 1110. The highest BCUT2D eigenvalue weighted by atomic mass is 32.1. The normalized spacial score (nSPS) is 13.0. The molecular weight excluding hydrogens is 374 g/mol. The van der Waals surface area contributed by atoms with E-state index in [-0.39, 0.29) is 17.0 Å². The molecule has 0 spiro atoms. The molecule has 1 aliphatic rings. The van der Waals surface area contributed by atoms with Crippen molar-refractivity contribution in [3.63, 3.8) is 0 Å². The van der Waals surface area contributed by atoms with Crippen LogP contribution < -0.4 is 5.32 Å². The Morgan fingerprint density at radius 1 is 1.18 bits per heavy atom. The molecule has 1 aromatic heterocycles. The van der Waals surface area contributed by atoms with Gasteiger partial charge in [0.2, 0.25) is 0 Å². The molecule has 3 aromatic rings. The maximum Gasteiger partial charge on any atom is 0.337 e. The van der Waals surface area contributed by atoms with Gasteiger partial charge in [-0.2, -0.15) is 9.64 Å². The molecule has 7 heteroatoms. The van der Waals surface area contributed by atoms with Crippen molar-refractivity contribution in [1.82, 2.24) is 4.37 Å². The number of carbonyl (C=O) groups is 2. The fourth-order valence-electron chi connectivity index (χ4n) is 3.10. The standard InChI is InChI=1S/C21H15N3O3S/c22-11-14-10-15(8-9-16(14)21(26)27)23-20(25)19-17(12-6-7-12)18(24-28-19)13-4-2-1-3-5-13/h1-5,8-10,12H,6-7H2,(H,23,25)(H,26,27). The monoisotopic (exact) mass is 389 g/mol. The van der Waals surface area contributed by atoms with Crippen LogP contribution in [0, 0.1) is 11.3 Å². The number of amides is 1. The number of anilines is 1. The average Bonchev–Trinajstić information content (AvgIpc) is 3.45. The summed E-state index contributed by atoms with van der Waals surface area (Å²) in [5.74, 6) is -1.15. The third-order valence-electron chi connectivity index (χ3n) is 4.60. The molecule has 6 nitrogen and oxygen atoms in total. The Kier molecular flexibility index (Phi) is 4.63. The number of rotatable bonds is 5. The van der Waals surface area contributed by atoms with E-state index in [1.807, 2.05) is 36.4 Å². The lowest BCUT2D eigenvalue weighted by atomic mass is 10.0. The molecule has 0 aliphatic heterocycles. The maximum absolute atomic E-state index is 12.9. The molecule has 0 saturated heterocycles. The van der Waals surface area contributed by atoms with Crippen LogP contribution in [0.15, 0.2) is 48.5 Å². The molecule has 1 aliphatic carbocycles. The summed E-state index contributed by atoms with van der Waals surface area (Å²) < 4.78 is 4.53. The smallest absolute Gasteiger partial charge is 0.337 e. The minimum absolute atomic E-state index is 0.00185. The number of hydrogen-bond donors (Lipinski definition) is 2. The van der Waals surface area contributed by atoms with E-state index in [0.29, 0.717) is 16.5 Å². The molecule has 1 heterocycles. The van der Waals surface area contributed by atoms with Crippen molar-refractivity contribution >= 4 is 29.1 Å². The first kappa shape index (κ1) is 17.9. The van der Waals surface area contributed by atoms with Gasteiger partial charge in [-0.25, -0.2) is 4.79 Å². The molecule has 1 amide bonds. The summed E-state index contributed by atoms with van der Waals surface area (Å²) in [4.78, 5) is 24.6. The van der Waals surface area contributed by atoms with Crippen LogP contribution in [0.4, 0.5) is 5.69 Å². The van der Waals surface area contributed by atoms with Crippen molar-refractivity contribution in [2.24, 2.45) is 0 Å². The Balaban J connectivity index is 1.66. The van der Waals surface area contributed by atoms with Crippen LogP contribution >= 0.6 is 11.5 Å². The summed E-state index contributed by atoms with van der Waals surface area (Å²) in [6.07, 6.45) is 2.06. The number of carbonyl (C=O) groups excluding carboxylic acids is 1. The van der Waals surface area contributed by atoms with Crippen LogP contribution in [0.2, 0.25) is 0 Å². The Morgan fingerprint density at radius 2 is 1.93 bits per heavy atom. The molecule has 138 valence electrons. The largest absolute Gasteiger partial charge is 0.478 e. The predicted molar refractivity (Wildman–Crippen MR) is 106 cm³/mol. The first-order chi connectivity index (χ1) is 13.6. The van der Waals surface area contributed by atoms with E-state index in [1.165, 1.54) is 18.2 Å². The van der Waals surface area contributed by atoms with Gasteiger partial charge < -0.3 is 10.4 Å². The lowest BCUT2D eigenvalue weighted by Gasteiger charge is -2.08. The van der Waals surface area contributed by atoms with Crippen LogP contribution in [-0.2, 0) is 0 Å². The Hall–Kier alpha value is -3.50. The molecule has 28 heavy (non-hydrogen) atoms. The molecule has 1 fully saturated rings. The number of carboxylic acid groups (broad SMARTS) is 1. The second-order valence-electron chi connectivity index (χ2n) is 6.55. The number of aromatic nitrogens is 1. The summed E-state index contributed by atoms with van der Waals surface area (Å²) in [5, 5.41) is 21.1.